The molecule has 0 unspecified atom stereocenters. The second-order valence-electron chi connectivity index (χ2n) is 6.59. The van der Waals surface area contributed by atoms with E-state index >= 15 is 0 Å². The summed E-state index contributed by atoms with van der Waals surface area (Å²) in [6.07, 6.45) is 5.94. The Balaban J connectivity index is 2.09. The first-order valence-corrected chi connectivity index (χ1v) is 9.45. The highest BCUT2D eigenvalue weighted by atomic mass is 35.5. The Hall–Kier alpha value is -1.81. The van der Waals surface area contributed by atoms with Crippen LogP contribution in [0.25, 0.3) is 5.69 Å². The third-order valence-electron chi connectivity index (χ3n) is 4.04. The summed E-state index contributed by atoms with van der Waals surface area (Å²) in [7, 11) is 0. The third-order valence-corrected chi connectivity index (χ3v) is 4.28. The van der Waals surface area contributed by atoms with Gasteiger partial charge >= 0.3 is 5.97 Å². The van der Waals surface area contributed by atoms with Crippen LogP contribution < -0.4 is 4.74 Å². The molecule has 0 aliphatic heterocycles. The summed E-state index contributed by atoms with van der Waals surface area (Å²) in [5.74, 6) is 0.478. The number of esters is 1. The van der Waals surface area contributed by atoms with Crippen molar-refractivity contribution in [2.24, 2.45) is 0 Å². The highest BCUT2D eigenvalue weighted by Crippen LogP contribution is 2.25. The lowest BCUT2D eigenvalue weighted by Crippen LogP contribution is -2.11. The van der Waals surface area contributed by atoms with E-state index in [2.05, 4.69) is 25.9 Å². The van der Waals surface area contributed by atoms with Gasteiger partial charge in [0, 0.05) is 17.5 Å². The first-order valence-electron chi connectivity index (χ1n) is 9.07. The van der Waals surface area contributed by atoms with Gasteiger partial charge in [-0.25, -0.2) is 4.68 Å². The molecule has 2 rings (SSSR count). The quantitative estimate of drug-likeness (QED) is 0.411. The minimum atomic E-state index is -0.213. The van der Waals surface area contributed by atoms with Gasteiger partial charge in [-0.1, -0.05) is 64.1 Å². The van der Waals surface area contributed by atoms with Crippen molar-refractivity contribution in [3.63, 3.8) is 0 Å². The van der Waals surface area contributed by atoms with Gasteiger partial charge in [0.2, 0.25) is 5.88 Å². The fraction of sp³-hybridized carbons (Fsp3) is 0.500. The Bertz CT molecular complexity index is 695. The van der Waals surface area contributed by atoms with Gasteiger partial charge in [-0.2, -0.15) is 5.10 Å². The monoisotopic (exact) mass is 362 g/mol. The molecule has 0 fully saturated rings. The number of aromatic nitrogens is 2. The second-order valence-corrected chi connectivity index (χ2v) is 7.03. The molecule has 0 saturated heterocycles. The van der Waals surface area contributed by atoms with Crippen molar-refractivity contribution in [2.45, 2.75) is 65.2 Å². The molecule has 0 radical (unpaired) electrons. The molecule has 1 aromatic carbocycles. The van der Waals surface area contributed by atoms with Crippen molar-refractivity contribution < 1.29 is 9.53 Å². The van der Waals surface area contributed by atoms with E-state index in [1.807, 2.05) is 18.2 Å². The highest BCUT2D eigenvalue weighted by Gasteiger charge is 2.16. The fourth-order valence-electron chi connectivity index (χ4n) is 2.57. The lowest BCUT2D eigenvalue weighted by molar-refractivity contribution is -0.134. The number of carbonyl (C=O) groups is 1. The lowest BCUT2D eigenvalue weighted by atomic mass is 10.1. The van der Waals surface area contributed by atoms with Gasteiger partial charge in [-0.05, 0) is 30.5 Å². The summed E-state index contributed by atoms with van der Waals surface area (Å²) in [4.78, 5) is 12.2. The van der Waals surface area contributed by atoms with Crippen molar-refractivity contribution in [3.8, 4) is 11.6 Å². The van der Waals surface area contributed by atoms with E-state index in [9.17, 15) is 4.79 Å². The van der Waals surface area contributed by atoms with Crippen molar-refractivity contribution in [2.75, 3.05) is 0 Å². The number of hydrogen-bond donors (Lipinski definition) is 0. The van der Waals surface area contributed by atoms with Crippen LogP contribution in [0.1, 0.15) is 70.9 Å². The molecular formula is C20H27ClN2O2. The molecule has 1 aromatic heterocycles. The van der Waals surface area contributed by atoms with Gasteiger partial charge in [-0.3, -0.25) is 4.79 Å². The molecule has 0 atom stereocenters. The van der Waals surface area contributed by atoms with E-state index in [1.54, 1.807) is 16.8 Å². The van der Waals surface area contributed by atoms with Crippen LogP contribution in [0.3, 0.4) is 0 Å². The normalized spacial score (nSPS) is 11.1. The van der Waals surface area contributed by atoms with E-state index < -0.39 is 0 Å². The molecule has 0 amide bonds. The number of rotatable bonds is 9. The summed E-state index contributed by atoms with van der Waals surface area (Å²) >= 11 is 6.08. The van der Waals surface area contributed by atoms with E-state index in [4.69, 9.17) is 16.3 Å². The molecule has 2 aromatic rings. The number of hydrogen-bond acceptors (Lipinski definition) is 3. The van der Waals surface area contributed by atoms with Crippen LogP contribution in [0.15, 0.2) is 30.3 Å². The molecule has 0 saturated carbocycles. The van der Waals surface area contributed by atoms with Gasteiger partial charge < -0.3 is 4.74 Å². The molecular weight excluding hydrogens is 336 g/mol. The third kappa shape index (κ3) is 5.89. The van der Waals surface area contributed by atoms with Crippen molar-refractivity contribution >= 4 is 17.6 Å². The largest absolute Gasteiger partial charge is 0.407 e. The number of unbranched alkanes of at least 4 members (excludes halogenated alkanes) is 4. The zero-order valence-corrected chi connectivity index (χ0v) is 16.1. The minimum absolute atomic E-state index is 0.213. The fourth-order valence-corrected chi connectivity index (χ4v) is 2.75. The average Bonchev–Trinajstić information content (AvgIpc) is 2.99. The number of ether oxygens (including phenoxy) is 1. The molecule has 0 N–H and O–H groups in total. The standard InChI is InChI=1S/C20H27ClN2O2/c1-4-5-6-7-8-12-20(24)25-19-14-18(15(2)3)22-23(19)17-11-9-10-16(21)13-17/h9-11,13-15H,4-8,12H2,1-3H3. The van der Waals surface area contributed by atoms with E-state index in [-0.39, 0.29) is 11.9 Å². The summed E-state index contributed by atoms with van der Waals surface area (Å²) in [6, 6.07) is 9.19. The van der Waals surface area contributed by atoms with Gasteiger partial charge in [0.1, 0.15) is 0 Å². The van der Waals surface area contributed by atoms with Gasteiger partial charge in [0.25, 0.3) is 0 Å². The maximum absolute atomic E-state index is 12.2. The van der Waals surface area contributed by atoms with Crippen LogP contribution in [-0.2, 0) is 4.79 Å². The Morgan fingerprint density at radius 1 is 1.20 bits per heavy atom. The average molecular weight is 363 g/mol. The van der Waals surface area contributed by atoms with Crippen LogP contribution in [0.2, 0.25) is 5.02 Å². The van der Waals surface area contributed by atoms with Crippen molar-refractivity contribution in [1.82, 2.24) is 9.78 Å². The number of nitrogens with zero attached hydrogens (tertiary/aromatic N) is 2. The Kier molecular flexibility index (Phi) is 7.51. The maximum Gasteiger partial charge on any atom is 0.312 e. The first-order chi connectivity index (χ1) is 12.0. The predicted octanol–water partition coefficient (Wildman–Crippen LogP) is 5.92. The molecule has 0 bridgehead atoms. The molecule has 25 heavy (non-hydrogen) atoms. The summed E-state index contributed by atoms with van der Waals surface area (Å²) < 4.78 is 7.24. The Morgan fingerprint density at radius 2 is 1.96 bits per heavy atom. The van der Waals surface area contributed by atoms with Crippen LogP contribution in [-0.4, -0.2) is 15.7 Å². The van der Waals surface area contributed by atoms with E-state index in [0.717, 1.165) is 24.2 Å². The SMILES string of the molecule is CCCCCCCC(=O)Oc1cc(C(C)C)nn1-c1cccc(Cl)c1. The molecule has 136 valence electrons. The highest BCUT2D eigenvalue weighted by molar-refractivity contribution is 6.30. The summed E-state index contributed by atoms with van der Waals surface area (Å²) in [6.45, 7) is 6.30. The van der Waals surface area contributed by atoms with Gasteiger partial charge in [0.05, 0.1) is 11.4 Å². The lowest BCUT2D eigenvalue weighted by Gasteiger charge is -2.08. The maximum atomic E-state index is 12.2. The van der Waals surface area contributed by atoms with E-state index in [0.29, 0.717) is 17.3 Å². The Labute approximate surface area is 155 Å². The topological polar surface area (TPSA) is 44.1 Å². The molecule has 4 nitrogen and oxygen atoms in total. The number of halogens is 1. The zero-order chi connectivity index (χ0) is 18.2. The first kappa shape index (κ1) is 19.5. The summed E-state index contributed by atoms with van der Waals surface area (Å²) in [5, 5.41) is 5.19. The number of carbonyl (C=O) groups excluding carboxylic acids is 1. The molecule has 0 spiro atoms. The molecule has 0 aliphatic carbocycles. The van der Waals surface area contributed by atoms with Gasteiger partial charge in [0.15, 0.2) is 0 Å². The van der Waals surface area contributed by atoms with Crippen molar-refractivity contribution in [1.29, 1.82) is 0 Å². The van der Waals surface area contributed by atoms with Crippen LogP contribution in [0.4, 0.5) is 0 Å². The predicted molar refractivity (Wildman–Crippen MR) is 102 cm³/mol. The van der Waals surface area contributed by atoms with Crippen LogP contribution >= 0.6 is 11.6 Å². The Morgan fingerprint density at radius 3 is 2.64 bits per heavy atom. The van der Waals surface area contributed by atoms with Crippen LogP contribution in [0.5, 0.6) is 5.88 Å². The molecule has 0 aliphatic rings. The zero-order valence-electron chi connectivity index (χ0n) is 15.3. The van der Waals surface area contributed by atoms with Crippen LogP contribution in [0, 0.1) is 0 Å². The second kappa shape index (κ2) is 9.62. The van der Waals surface area contributed by atoms with E-state index in [1.165, 1.54) is 19.3 Å². The minimum Gasteiger partial charge on any atom is -0.407 e. The van der Waals surface area contributed by atoms with Crippen molar-refractivity contribution in [3.05, 3.63) is 41.0 Å². The summed E-state index contributed by atoms with van der Waals surface area (Å²) in [5.41, 5.74) is 1.66. The number of benzene rings is 1. The molecule has 5 heteroatoms. The van der Waals surface area contributed by atoms with Gasteiger partial charge in [-0.15, -0.1) is 0 Å². The molecule has 1 heterocycles. The smallest absolute Gasteiger partial charge is 0.312 e.